The first-order valence-electron chi connectivity index (χ1n) is 9.53. The number of ether oxygens (including phenoxy) is 3. The second-order valence-corrected chi connectivity index (χ2v) is 6.77. The number of benzene rings is 2. The Balaban J connectivity index is 1.56. The molecule has 0 unspecified atom stereocenters. The lowest BCUT2D eigenvalue weighted by atomic mass is 10.2. The highest BCUT2D eigenvalue weighted by Crippen LogP contribution is 2.30. The molecule has 3 rings (SSSR count). The van der Waals surface area contributed by atoms with Crippen molar-refractivity contribution in [1.29, 1.82) is 0 Å². The van der Waals surface area contributed by atoms with Gasteiger partial charge in [0.25, 0.3) is 5.91 Å². The van der Waals surface area contributed by atoms with E-state index in [-0.39, 0.29) is 31.4 Å². The standard InChI is InChI=1S/C22H24N2O6/c1-23(13-16-7-3-5-9-18(16)28-2)21(26)15-30-22(27)14-24-17-8-4-6-10-19(17)29-12-11-20(24)25/h3-10H,11-15H2,1-2H3. The Morgan fingerprint density at radius 2 is 1.87 bits per heavy atom. The van der Waals surface area contributed by atoms with Crippen molar-refractivity contribution in [2.45, 2.75) is 13.0 Å². The molecule has 2 aromatic rings. The summed E-state index contributed by atoms with van der Waals surface area (Å²) in [6.45, 7) is -0.142. The van der Waals surface area contributed by atoms with Gasteiger partial charge in [-0.15, -0.1) is 0 Å². The molecule has 0 aliphatic carbocycles. The number of fused-ring (bicyclic) bond motifs is 1. The number of likely N-dealkylation sites (N-methyl/N-ethyl adjacent to an activating group) is 1. The minimum Gasteiger partial charge on any atom is -0.496 e. The van der Waals surface area contributed by atoms with Gasteiger partial charge in [-0.3, -0.25) is 19.3 Å². The van der Waals surface area contributed by atoms with E-state index in [0.717, 1.165) is 5.56 Å². The Labute approximate surface area is 174 Å². The van der Waals surface area contributed by atoms with Crippen LogP contribution in [-0.4, -0.2) is 56.6 Å². The molecule has 0 atom stereocenters. The third-order valence-electron chi connectivity index (χ3n) is 4.70. The average molecular weight is 412 g/mol. The lowest BCUT2D eigenvalue weighted by molar-refractivity contribution is -0.150. The van der Waals surface area contributed by atoms with Crippen LogP contribution in [0.5, 0.6) is 11.5 Å². The lowest BCUT2D eigenvalue weighted by Gasteiger charge is -2.21. The molecule has 0 N–H and O–H groups in total. The molecule has 0 saturated heterocycles. The van der Waals surface area contributed by atoms with E-state index in [9.17, 15) is 14.4 Å². The van der Waals surface area contributed by atoms with Crippen molar-refractivity contribution in [3.8, 4) is 11.5 Å². The highest BCUT2D eigenvalue weighted by Gasteiger charge is 2.26. The van der Waals surface area contributed by atoms with Crippen LogP contribution in [0.4, 0.5) is 5.69 Å². The topological polar surface area (TPSA) is 85.4 Å². The van der Waals surface area contributed by atoms with Gasteiger partial charge in [0.2, 0.25) is 5.91 Å². The van der Waals surface area contributed by atoms with Crippen molar-refractivity contribution in [2.24, 2.45) is 0 Å². The SMILES string of the molecule is COc1ccccc1CN(C)C(=O)COC(=O)CN1C(=O)CCOc2ccccc21. The van der Waals surface area contributed by atoms with Gasteiger partial charge in [0.1, 0.15) is 18.0 Å². The fourth-order valence-electron chi connectivity index (χ4n) is 3.10. The third-order valence-corrected chi connectivity index (χ3v) is 4.70. The smallest absolute Gasteiger partial charge is 0.326 e. The number of amides is 2. The molecule has 0 spiro atoms. The molecule has 0 aromatic heterocycles. The molecular weight excluding hydrogens is 388 g/mol. The van der Waals surface area contributed by atoms with Gasteiger partial charge in [0.05, 0.1) is 25.8 Å². The first-order chi connectivity index (χ1) is 14.5. The van der Waals surface area contributed by atoms with Crippen molar-refractivity contribution >= 4 is 23.5 Å². The molecule has 158 valence electrons. The van der Waals surface area contributed by atoms with Crippen molar-refractivity contribution < 1.29 is 28.6 Å². The number of esters is 1. The number of carbonyl (C=O) groups excluding carboxylic acids is 3. The first-order valence-corrected chi connectivity index (χ1v) is 9.53. The minimum atomic E-state index is -0.668. The molecule has 0 radical (unpaired) electrons. The van der Waals surface area contributed by atoms with Crippen LogP contribution in [0.1, 0.15) is 12.0 Å². The zero-order valence-electron chi connectivity index (χ0n) is 17.0. The Hall–Kier alpha value is -3.55. The lowest BCUT2D eigenvalue weighted by Crippen LogP contribution is -2.37. The van der Waals surface area contributed by atoms with Gasteiger partial charge in [-0.25, -0.2) is 0 Å². The number of rotatable bonds is 7. The summed E-state index contributed by atoms with van der Waals surface area (Å²) in [5.74, 6) is -0.0609. The summed E-state index contributed by atoms with van der Waals surface area (Å²) in [6.07, 6.45) is 0.155. The van der Waals surface area contributed by atoms with Gasteiger partial charge < -0.3 is 19.1 Å². The molecular formula is C22H24N2O6. The quantitative estimate of drug-likeness (QED) is 0.647. The summed E-state index contributed by atoms with van der Waals surface area (Å²) >= 11 is 0. The molecule has 1 aliphatic heterocycles. The van der Waals surface area contributed by atoms with E-state index in [4.69, 9.17) is 14.2 Å². The fourth-order valence-corrected chi connectivity index (χ4v) is 3.10. The number of para-hydroxylation sites is 3. The zero-order chi connectivity index (χ0) is 21.5. The average Bonchev–Trinajstić information content (AvgIpc) is 2.91. The third kappa shape index (κ3) is 5.08. The predicted molar refractivity (Wildman–Crippen MR) is 109 cm³/mol. The molecule has 30 heavy (non-hydrogen) atoms. The monoisotopic (exact) mass is 412 g/mol. The van der Waals surface area contributed by atoms with Gasteiger partial charge in [-0.05, 0) is 18.2 Å². The van der Waals surface area contributed by atoms with E-state index in [1.807, 2.05) is 24.3 Å². The van der Waals surface area contributed by atoms with E-state index in [0.29, 0.717) is 23.7 Å². The summed E-state index contributed by atoms with van der Waals surface area (Å²) in [7, 11) is 3.18. The Morgan fingerprint density at radius 1 is 1.13 bits per heavy atom. The second-order valence-electron chi connectivity index (χ2n) is 6.77. The number of anilines is 1. The van der Waals surface area contributed by atoms with Crippen molar-refractivity contribution in [2.75, 3.05) is 38.8 Å². The van der Waals surface area contributed by atoms with Crippen molar-refractivity contribution in [3.63, 3.8) is 0 Å². The Morgan fingerprint density at radius 3 is 2.67 bits per heavy atom. The Kier molecular flexibility index (Phi) is 6.90. The molecule has 0 saturated carbocycles. The summed E-state index contributed by atoms with van der Waals surface area (Å²) in [4.78, 5) is 39.8. The second kappa shape index (κ2) is 9.78. The number of nitrogens with zero attached hydrogens (tertiary/aromatic N) is 2. The zero-order valence-corrected chi connectivity index (χ0v) is 17.0. The van der Waals surface area contributed by atoms with Crippen molar-refractivity contribution in [1.82, 2.24) is 4.90 Å². The van der Waals surface area contributed by atoms with Crippen LogP contribution >= 0.6 is 0 Å². The van der Waals surface area contributed by atoms with Gasteiger partial charge in [0, 0.05) is 19.2 Å². The van der Waals surface area contributed by atoms with Crippen LogP contribution in [0.15, 0.2) is 48.5 Å². The van der Waals surface area contributed by atoms with E-state index in [2.05, 4.69) is 0 Å². The Bertz CT molecular complexity index is 929. The molecule has 8 heteroatoms. The highest BCUT2D eigenvalue weighted by atomic mass is 16.5. The maximum absolute atomic E-state index is 12.4. The van der Waals surface area contributed by atoms with Crippen LogP contribution in [0.3, 0.4) is 0 Å². The van der Waals surface area contributed by atoms with Crippen LogP contribution in [0.2, 0.25) is 0 Å². The normalized spacial score (nSPS) is 13.0. The van der Waals surface area contributed by atoms with Gasteiger partial charge >= 0.3 is 5.97 Å². The molecule has 1 aliphatic rings. The number of hydrogen-bond acceptors (Lipinski definition) is 6. The first kappa shape index (κ1) is 21.2. The summed E-state index contributed by atoms with van der Waals surface area (Å²) in [5, 5.41) is 0. The van der Waals surface area contributed by atoms with E-state index >= 15 is 0 Å². The van der Waals surface area contributed by atoms with Gasteiger partial charge in [-0.1, -0.05) is 30.3 Å². The number of hydrogen-bond donors (Lipinski definition) is 0. The molecule has 2 aromatic carbocycles. The van der Waals surface area contributed by atoms with Crippen molar-refractivity contribution in [3.05, 3.63) is 54.1 Å². The van der Waals surface area contributed by atoms with Crippen LogP contribution in [-0.2, 0) is 25.7 Å². The summed E-state index contributed by atoms with van der Waals surface area (Å²) in [5.41, 5.74) is 1.35. The number of carbonyl (C=O) groups is 3. The number of methoxy groups -OCH3 is 1. The molecule has 0 bridgehead atoms. The van der Waals surface area contributed by atoms with Gasteiger partial charge in [-0.2, -0.15) is 0 Å². The maximum Gasteiger partial charge on any atom is 0.326 e. The highest BCUT2D eigenvalue weighted by molar-refractivity contribution is 5.99. The van der Waals surface area contributed by atoms with Crippen LogP contribution < -0.4 is 14.4 Å². The van der Waals surface area contributed by atoms with Crippen LogP contribution in [0.25, 0.3) is 0 Å². The summed E-state index contributed by atoms with van der Waals surface area (Å²) in [6, 6.07) is 14.4. The molecule has 1 heterocycles. The van der Waals surface area contributed by atoms with E-state index in [1.54, 1.807) is 38.4 Å². The van der Waals surface area contributed by atoms with Gasteiger partial charge in [0.15, 0.2) is 6.61 Å². The molecule has 8 nitrogen and oxygen atoms in total. The maximum atomic E-state index is 12.4. The molecule has 0 fully saturated rings. The molecule has 2 amide bonds. The minimum absolute atomic E-state index is 0.155. The fraction of sp³-hybridized carbons (Fsp3) is 0.318. The summed E-state index contributed by atoms with van der Waals surface area (Å²) < 4.78 is 16.0. The van der Waals surface area contributed by atoms with Crippen LogP contribution in [0, 0.1) is 0 Å². The largest absolute Gasteiger partial charge is 0.496 e. The van der Waals surface area contributed by atoms with E-state index in [1.165, 1.54) is 9.80 Å². The predicted octanol–water partition coefficient (Wildman–Crippen LogP) is 2.01. The van der Waals surface area contributed by atoms with E-state index < -0.39 is 12.6 Å².